The van der Waals surface area contributed by atoms with E-state index in [1.807, 2.05) is 68.4 Å². The molecule has 9 rings (SSSR count). The van der Waals surface area contributed by atoms with Gasteiger partial charge < -0.3 is 75.2 Å². The van der Waals surface area contributed by atoms with Gasteiger partial charge in [-0.3, -0.25) is 4.79 Å². The van der Waals surface area contributed by atoms with Crippen molar-refractivity contribution in [1.29, 1.82) is 0 Å². The largest absolute Gasteiger partial charge is 0.497 e. The number of ether oxygens (including phenoxy) is 14. The Kier molecular flexibility index (Phi) is 29.6. The number of alkyl halides is 1. The summed E-state index contributed by atoms with van der Waals surface area (Å²) in [6.07, 6.45) is 3.85. The van der Waals surface area contributed by atoms with E-state index < -0.39 is 88.2 Å². The molecule has 0 radical (unpaired) electrons. The number of carbonyl (C=O) groups is 1. The first-order valence-corrected chi connectivity index (χ1v) is 44.6. The molecule has 6 aliphatic heterocycles. The average molecular weight is 1490 g/mol. The monoisotopic (exact) mass is 1490 g/mol. The van der Waals surface area contributed by atoms with E-state index in [2.05, 4.69) is 118 Å². The van der Waals surface area contributed by atoms with E-state index in [4.69, 9.17) is 93.3 Å². The van der Waals surface area contributed by atoms with Crippen molar-refractivity contribution in [1.82, 2.24) is 0 Å². The molecule has 0 unspecified atom stereocenters. The molecule has 17 nitrogen and oxygen atoms in total. The van der Waals surface area contributed by atoms with E-state index in [0.717, 1.165) is 53.0 Å². The molecule has 576 valence electrons. The summed E-state index contributed by atoms with van der Waals surface area (Å²) >= 11 is 7.47. The molecule has 0 aliphatic carbocycles. The maximum absolute atomic E-state index is 14.8. The highest BCUT2D eigenvalue weighted by Crippen LogP contribution is 2.54. The summed E-state index contributed by atoms with van der Waals surface area (Å²) in [5.74, 6) is 5.01. The fourth-order valence-electron chi connectivity index (χ4n) is 15.1. The highest BCUT2D eigenvalue weighted by molar-refractivity contribution is 6.74. The Labute approximate surface area is 625 Å². The van der Waals surface area contributed by atoms with E-state index in [-0.39, 0.29) is 71.4 Å². The SMILES string of the molecule is C=C1CC[C@H]2O[C@@]3(CC[C@H](C)[C@@]4(C[C@H](OC(=O)C[C@H]5CCC[C@@H](C[C@@H](O[Si](C)(C)C(C)(C)C)C[C@H](O[Si](C)(C)C(C)(C)C)C[C@@H](OCc6ccc(OC)cc6)[C@@H](C)CC#CCC[C@H](OC)[C@H](OCc6ccc(OC)cc6)[C@H]6OC(C)(C)O[C@@H]16)O5)[C@H](CCOCc1ccccc1)O4)O3)C[C@@H](OC)[C@@H]2Cl. The molecule has 103 heavy (non-hydrogen) atoms. The van der Waals surface area contributed by atoms with E-state index in [9.17, 15) is 4.79 Å². The van der Waals surface area contributed by atoms with Gasteiger partial charge in [-0.15, -0.1) is 23.4 Å². The third-order valence-corrected chi connectivity index (χ3v) is 32.9. The predicted octanol–water partition coefficient (Wildman–Crippen LogP) is 17.7. The second kappa shape index (κ2) is 36.6. The summed E-state index contributed by atoms with van der Waals surface area (Å²) in [5.41, 5.74) is 3.87. The van der Waals surface area contributed by atoms with Gasteiger partial charge in [-0.05, 0) is 167 Å². The molecule has 20 heteroatoms. The Morgan fingerprint density at radius 1 is 0.650 bits per heavy atom. The van der Waals surface area contributed by atoms with Crippen LogP contribution in [0.15, 0.2) is 91.0 Å². The van der Waals surface area contributed by atoms with Crippen LogP contribution in [0.25, 0.3) is 0 Å². The molecule has 6 aliphatic rings. The molecule has 6 bridgehead atoms. The van der Waals surface area contributed by atoms with E-state index in [0.29, 0.717) is 103 Å². The Hall–Kier alpha value is -3.77. The lowest BCUT2D eigenvalue weighted by Gasteiger charge is -2.54. The van der Waals surface area contributed by atoms with Crippen LogP contribution in [0.2, 0.25) is 36.3 Å². The minimum atomic E-state index is -2.42. The van der Waals surface area contributed by atoms with E-state index in [1.165, 1.54) is 0 Å². The van der Waals surface area contributed by atoms with Gasteiger partial charge in [-0.1, -0.05) is 117 Å². The molecular weight excluding hydrogens is 1360 g/mol. The summed E-state index contributed by atoms with van der Waals surface area (Å²) in [6.45, 7) is 37.6. The molecule has 3 aromatic carbocycles. The molecule has 5 saturated heterocycles. The van der Waals surface area contributed by atoms with Crippen molar-refractivity contribution in [2.45, 2.75) is 337 Å². The summed E-state index contributed by atoms with van der Waals surface area (Å²) in [6, 6.07) is 26.1. The molecule has 0 aromatic heterocycles. The quantitative estimate of drug-likeness (QED) is 0.0278. The Morgan fingerprint density at radius 3 is 1.88 bits per heavy atom. The van der Waals surface area contributed by atoms with Gasteiger partial charge in [0.1, 0.15) is 42.0 Å². The number of rotatable bonds is 19. The van der Waals surface area contributed by atoms with Gasteiger partial charge in [0.2, 0.25) is 0 Å². The second-order valence-electron chi connectivity index (χ2n) is 33.7. The van der Waals surface area contributed by atoms with Crippen LogP contribution in [0.3, 0.4) is 0 Å². The molecule has 6 heterocycles. The number of benzene rings is 3. The first-order valence-electron chi connectivity index (χ1n) is 38.3. The lowest BCUT2D eigenvalue weighted by atomic mass is 9.82. The summed E-state index contributed by atoms with van der Waals surface area (Å²) in [4.78, 5) is 14.8. The van der Waals surface area contributed by atoms with Crippen LogP contribution in [-0.2, 0) is 90.3 Å². The molecule has 0 saturated carbocycles. The first-order chi connectivity index (χ1) is 48.7. The predicted molar refractivity (Wildman–Crippen MR) is 407 cm³/mol. The fraction of sp³-hybridized carbons (Fsp3) is 0.723. The van der Waals surface area contributed by atoms with Crippen molar-refractivity contribution in [3.05, 3.63) is 108 Å². The number of hydrogen-bond acceptors (Lipinski definition) is 17. The van der Waals surface area contributed by atoms with Crippen molar-refractivity contribution in [3.8, 4) is 23.3 Å². The van der Waals surface area contributed by atoms with Crippen molar-refractivity contribution in [2.24, 2.45) is 11.8 Å². The van der Waals surface area contributed by atoms with Crippen molar-refractivity contribution < 1.29 is 80.0 Å². The Morgan fingerprint density at radius 2 is 1.26 bits per heavy atom. The number of hydrogen-bond donors (Lipinski definition) is 0. The van der Waals surface area contributed by atoms with E-state index in [1.54, 1.807) is 28.4 Å². The molecule has 2 spiro atoms. The maximum atomic E-state index is 14.8. The number of esters is 1. The number of carbonyl (C=O) groups excluding carboxylic acids is 1. The second-order valence-corrected chi connectivity index (χ2v) is 43.7. The highest BCUT2D eigenvalue weighted by Gasteiger charge is 2.62. The van der Waals surface area contributed by atoms with Crippen molar-refractivity contribution in [3.63, 3.8) is 0 Å². The Bertz CT molecular complexity index is 3180. The minimum absolute atomic E-state index is 0.00295. The van der Waals surface area contributed by atoms with Crippen LogP contribution in [0.1, 0.15) is 195 Å². The zero-order chi connectivity index (χ0) is 74.5. The summed E-state index contributed by atoms with van der Waals surface area (Å²) < 4.78 is 109. The third-order valence-electron chi connectivity index (χ3n) is 23.3. The lowest BCUT2D eigenvalue weighted by Crippen LogP contribution is -2.61. The summed E-state index contributed by atoms with van der Waals surface area (Å²) in [5, 5.41) is -0.682. The van der Waals surface area contributed by atoms with Crippen molar-refractivity contribution in [2.75, 3.05) is 35.0 Å². The van der Waals surface area contributed by atoms with Gasteiger partial charge in [-0.2, -0.15) is 0 Å². The van der Waals surface area contributed by atoms with Gasteiger partial charge >= 0.3 is 5.97 Å². The first kappa shape index (κ1) is 83.3. The van der Waals surface area contributed by atoms with Gasteiger partial charge in [0.05, 0.1) is 82.5 Å². The van der Waals surface area contributed by atoms with Crippen LogP contribution < -0.4 is 9.47 Å². The normalized spacial score (nSPS) is 33.5. The highest BCUT2D eigenvalue weighted by atomic mass is 35.5. The molecule has 3 aromatic rings. The third kappa shape index (κ3) is 22.7. The molecule has 0 N–H and O–H groups in total. The van der Waals surface area contributed by atoms with Crippen LogP contribution in [-0.4, -0.2) is 160 Å². The zero-order valence-electron chi connectivity index (χ0n) is 65.6. The molecule has 18 atom stereocenters. The smallest absolute Gasteiger partial charge is 0.308 e. The number of methoxy groups -OCH3 is 4. The molecule has 5 fully saturated rings. The van der Waals surface area contributed by atoms with Gasteiger partial charge in [0.15, 0.2) is 34.0 Å². The van der Waals surface area contributed by atoms with Gasteiger partial charge in [0, 0.05) is 77.5 Å². The summed E-state index contributed by atoms with van der Waals surface area (Å²) in [7, 11) is 1.94. The number of fused-ring (bicyclic) bond motifs is 5. The van der Waals surface area contributed by atoms with Gasteiger partial charge in [-0.25, -0.2) is 0 Å². The fourth-order valence-corrected chi connectivity index (χ4v) is 18.2. The van der Waals surface area contributed by atoms with E-state index >= 15 is 0 Å². The van der Waals surface area contributed by atoms with Crippen LogP contribution in [0.4, 0.5) is 0 Å². The molecular formula is C83H127ClO17Si2. The minimum Gasteiger partial charge on any atom is -0.497 e. The average Bonchev–Trinajstić information content (AvgIpc) is 1.68. The van der Waals surface area contributed by atoms with Crippen LogP contribution in [0, 0.1) is 23.7 Å². The standard InChI is InChI=1S/C83H127ClO17Si2/c1-56-27-22-20-25-32-70(88-14)77(92-55-61-36-40-63(87-13)41-37-61)78-76(97-81(10,11)98-78)57(2)33-42-69-75(84)73(89-15)51-82(95-69)45-43-58(3)83(101-82)52-72(68(96-83)44-46-90-53-59-28-23-21-24-29-59)94-74(85)50-65-31-26-30-64(93-65)47-66(99-102(16,17)79(4,5)6)48-67(100-103(18,19)80(7,8)9)49-71(56)91-54-60-34-38-62(86-12)39-35-60/h21,23-24,28-29,34-41,56,58,64-73,75-78H,2,25-27,30-33,42-55H2,1,3-19H3/t56-,58-,64-,65+,66+,67-,68-,69+,70-,71+,72-,73+,75+,76-,77-,78-,82+,83+/m0/s1. The van der Waals surface area contributed by atoms with Crippen LogP contribution in [0.5, 0.6) is 11.5 Å². The lowest BCUT2D eigenvalue weighted by molar-refractivity contribution is -0.413. The van der Waals surface area contributed by atoms with Crippen LogP contribution >= 0.6 is 11.6 Å². The zero-order valence-corrected chi connectivity index (χ0v) is 68.4. The molecule has 0 amide bonds. The maximum Gasteiger partial charge on any atom is 0.308 e. The van der Waals surface area contributed by atoms with Gasteiger partial charge in [0.25, 0.3) is 0 Å². The Balaban J connectivity index is 1.07. The number of halogens is 1. The topological polar surface area (TPSA) is 165 Å². The van der Waals surface area contributed by atoms with Crippen molar-refractivity contribution >= 4 is 34.2 Å².